The summed E-state index contributed by atoms with van der Waals surface area (Å²) in [6, 6.07) is 11.7. The van der Waals surface area contributed by atoms with Crippen LogP contribution in [0.4, 0.5) is 15.9 Å². The molecule has 1 fully saturated rings. The lowest BCUT2D eigenvalue weighted by molar-refractivity contribution is -0.118. The Morgan fingerprint density at radius 3 is 2.86 bits per heavy atom. The van der Waals surface area contributed by atoms with Crippen LogP contribution in [0, 0.1) is 5.82 Å². The molecule has 12 heteroatoms. The Kier molecular flexibility index (Phi) is 7.47. The van der Waals surface area contributed by atoms with Gasteiger partial charge in [-0.25, -0.2) is 14.4 Å². The molecule has 2 aliphatic heterocycles. The van der Waals surface area contributed by atoms with E-state index in [1.165, 1.54) is 23.6 Å². The minimum Gasteiger partial charge on any atom is -0.493 e. The van der Waals surface area contributed by atoms with Crippen molar-refractivity contribution in [2.24, 2.45) is 5.73 Å². The number of amides is 1. The lowest BCUT2D eigenvalue weighted by Gasteiger charge is -2.29. The van der Waals surface area contributed by atoms with Gasteiger partial charge in [-0.1, -0.05) is 6.07 Å². The van der Waals surface area contributed by atoms with Crippen LogP contribution in [0.5, 0.6) is 5.75 Å². The fraction of sp³-hybridized carbons (Fsp3) is 0.320. The van der Waals surface area contributed by atoms with E-state index in [1.807, 2.05) is 18.2 Å². The van der Waals surface area contributed by atoms with Gasteiger partial charge in [0, 0.05) is 37.2 Å². The highest BCUT2D eigenvalue weighted by Gasteiger charge is 2.24. The molecule has 11 nitrogen and oxygen atoms in total. The number of morpholine rings is 1. The number of aromatic nitrogens is 2. The molecule has 0 atom stereocenters. The lowest BCUT2D eigenvalue weighted by atomic mass is 10.2. The molecule has 0 saturated carbocycles. The number of rotatable bonds is 10. The zero-order chi connectivity index (χ0) is 25.6. The normalized spacial score (nSPS) is 16.0. The number of primary amides is 1. The highest BCUT2D eigenvalue weighted by Crippen LogP contribution is 2.26. The number of hydrazine groups is 2. The molecule has 5 rings (SSSR count). The van der Waals surface area contributed by atoms with Gasteiger partial charge in [-0.3, -0.25) is 20.1 Å². The Balaban J connectivity index is 1.25. The molecule has 0 spiro atoms. The summed E-state index contributed by atoms with van der Waals surface area (Å²) in [5.74, 6) is 0.880. The van der Waals surface area contributed by atoms with Gasteiger partial charge in [0.2, 0.25) is 5.91 Å². The molecule has 3 aromatic rings. The molecular weight excluding hydrogens is 479 g/mol. The van der Waals surface area contributed by atoms with Gasteiger partial charge in [-0.05, 0) is 30.7 Å². The molecule has 37 heavy (non-hydrogen) atoms. The Labute approximate surface area is 213 Å². The first-order valence-electron chi connectivity index (χ1n) is 12.1. The molecule has 4 N–H and O–H groups in total. The average Bonchev–Trinajstić information content (AvgIpc) is 3.28. The molecule has 1 amide bonds. The highest BCUT2D eigenvalue weighted by molar-refractivity contribution is 5.90. The van der Waals surface area contributed by atoms with Gasteiger partial charge in [0.25, 0.3) is 0 Å². The van der Waals surface area contributed by atoms with E-state index in [1.54, 1.807) is 23.3 Å². The lowest BCUT2D eigenvalue weighted by Crippen LogP contribution is -2.46. The number of nitrogens with two attached hydrogens (primary N) is 1. The molecular formula is C25H29FN8O3. The van der Waals surface area contributed by atoms with Crippen molar-refractivity contribution in [1.29, 1.82) is 0 Å². The van der Waals surface area contributed by atoms with Crippen molar-refractivity contribution < 1.29 is 18.7 Å². The third-order valence-electron chi connectivity index (χ3n) is 5.98. The Morgan fingerprint density at radius 1 is 1.19 bits per heavy atom. The average molecular weight is 509 g/mol. The minimum absolute atomic E-state index is 0.106. The molecule has 2 aromatic carbocycles. The first kappa shape index (κ1) is 24.5. The third-order valence-corrected chi connectivity index (χ3v) is 5.98. The summed E-state index contributed by atoms with van der Waals surface area (Å²) in [4.78, 5) is 22.8. The van der Waals surface area contributed by atoms with Crippen molar-refractivity contribution in [2.45, 2.75) is 6.42 Å². The number of halogens is 1. The van der Waals surface area contributed by atoms with Crippen molar-refractivity contribution in [3.05, 3.63) is 66.6 Å². The SMILES string of the molecule is NC(=O)CN1C=C(Nc2ncnc3cc(OCCCN4CCOCC4)ccc23)NN1c1cccc(F)c1. The van der Waals surface area contributed by atoms with Crippen LogP contribution in [0.25, 0.3) is 10.9 Å². The number of hydrogen-bond donors (Lipinski definition) is 3. The van der Waals surface area contributed by atoms with Crippen molar-refractivity contribution >= 4 is 28.3 Å². The van der Waals surface area contributed by atoms with Gasteiger partial charge in [0.1, 0.15) is 36.1 Å². The number of carbonyl (C=O) groups is 1. The zero-order valence-corrected chi connectivity index (χ0v) is 20.3. The Hall–Kier alpha value is -4.16. The summed E-state index contributed by atoms with van der Waals surface area (Å²) < 4.78 is 25.1. The predicted octanol–water partition coefficient (Wildman–Crippen LogP) is 1.81. The first-order valence-corrected chi connectivity index (χ1v) is 12.1. The maximum absolute atomic E-state index is 13.8. The highest BCUT2D eigenvalue weighted by atomic mass is 19.1. The zero-order valence-electron chi connectivity index (χ0n) is 20.3. The van der Waals surface area contributed by atoms with Crippen LogP contribution in [0.3, 0.4) is 0 Å². The van der Waals surface area contributed by atoms with Crippen LogP contribution < -0.4 is 26.3 Å². The van der Waals surface area contributed by atoms with Gasteiger partial charge in [0.15, 0.2) is 0 Å². The van der Waals surface area contributed by atoms with Crippen molar-refractivity contribution in [1.82, 2.24) is 25.3 Å². The topological polar surface area (TPSA) is 121 Å². The number of hydrogen-bond acceptors (Lipinski definition) is 10. The summed E-state index contributed by atoms with van der Waals surface area (Å²) in [5.41, 5.74) is 9.74. The van der Waals surface area contributed by atoms with Crippen LogP contribution in [-0.2, 0) is 9.53 Å². The summed E-state index contributed by atoms with van der Waals surface area (Å²) in [6.07, 6.45) is 4.06. The molecule has 2 aliphatic rings. The number of ether oxygens (including phenoxy) is 2. The Bertz CT molecular complexity index is 1280. The second kappa shape index (κ2) is 11.3. The second-order valence-corrected chi connectivity index (χ2v) is 8.69. The number of benzene rings is 2. The van der Waals surface area contributed by atoms with Gasteiger partial charge < -0.3 is 20.5 Å². The van der Waals surface area contributed by atoms with E-state index in [2.05, 4.69) is 25.6 Å². The fourth-order valence-electron chi connectivity index (χ4n) is 4.23. The molecule has 194 valence electrons. The fourth-order valence-corrected chi connectivity index (χ4v) is 4.23. The van der Waals surface area contributed by atoms with Crippen molar-refractivity contribution in [3.63, 3.8) is 0 Å². The molecule has 0 unspecified atom stereocenters. The van der Waals surface area contributed by atoms with E-state index >= 15 is 0 Å². The summed E-state index contributed by atoms with van der Waals surface area (Å²) in [6.45, 7) is 5.00. The smallest absolute Gasteiger partial charge is 0.239 e. The van der Waals surface area contributed by atoms with Crippen LogP contribution in [-0.4, -0.2) is 71.8 Å². The number of nitrogens with one attached hydrogen (secondary N) is 2. The number of anilines is 2. The van der Waals surface area contributed by atoms with Gasteiger partial charge >= 0.3 is 0 Å². The van der Waals surface area contributed by atoms with Crippen molar-refractivity contribution in [2.75, 3.05) is 56.4 Å². The summed E-state index contributed by atoms with van der Waals surface area (Å²) >= 11 is 0. The van der Waals surface area contributed by atoms with Gasteiger partial charge in [-0.15, -0.1) is 0 Å². The van der Waals surface area contributed by atoms with E-state index in [4.69, 9.17) is 15.2 Å². The van der Waals surface area contributed by atoms with Crippen molar-refractivity contribution in [3.8, 4) is 5.75 Å². The standard InChI is InChI=1S/C25H29FN8O3/c26-18-3-1-4-19(13-18)34-31-24(16-33(34)15-23(27)35)30-25-21-6-5-20(14-22(21)28-17-29-25)37-10-2-7-32-8-11-36-12-9-32/h1,3-6,13-14,16-17,31H,2,7-12,15H2,(H2,27,35)(H,28,29,30). The third kappa shape index (κ3) is 6.16. The molecule has 3 heterocycles. The first-order chi connectivity index (χ1) is 18.0. The molecule has 0 aliphatic carbocycles. The van der Waals surface area contributed by atoms with E-state index in [9.17, 15) is 9.18 Å². The van der Waals surface area contributed by atoms with Gasteiger partial charge in [0.05, 0.1) is 37.2 Å². The summed E-state index contributed by atoms with van der Waals surface area (Å²) in [7, 11) is 0. The molecule has 1 aromatic heterocycles. The largest absolute Gasteiger partial charge is 0.493 e. The second-order valence-electron chi connectivity index (χ2n) is 8.69. The number of fused-ring (bicyclic) bond motifs is 1. The van der Waals surface area contributed by atoms with Crippen LogP contribution in [0.15, 0.2) is 60.8 Å². The molecule has 0 bridgehead atoms. The van der Waals surface area contributed by atoms with Crippen LogP contribution >= 0.6 is 0 Å². The summed E-state index contributed by atoms with van der Waals surface area (Å²) in [5, 5.41) is 7.09. The monoisotopic (exact) mass is 508 g/mol. The van der Waals surface area contributed by atoms with E-state index in [-0.39, 0.29) is 6.54 Å². The minimum atomic E-state index is -0.536. The maximum Gasteiger partial charge on any atom is 0.239 e. The number of nitrogens with zero attached hydrogens (tertiary/aromatic N) is 5. The molecule has 1 saturated heterocycles. The quantitative estimate of drug-likeness (QED) is 0.350. The van der Waals surface area contributed by atoms with E-state index < -0.39 is 11.7 Å². The maximum atomic E-state index is 13.8. The van der Waals surface area contributed by atoms with Crippen LogP contribution in [0.2, 0.25) is 0 Å². The predicted molar refractivity (Wildman–Crippen MR) is 137 cm³/mol. The van der Waals surface area contributed by atoms with E-state index in [0.29, 0.717) is 23.9 Å². The number of carbonyl (C=O) groups excluding carboxylic acids is 1. The molecule has 0 radical (unpaired) electrons. The van der Waals surface area contributed by atoms with Crippen LogP contribution in [0.1, 0.15) is 6.42 Å². The van der Waals surface area contributed by atoms with E-state index in [0.717, 1.165) is 55.9 Å². The Morgan fingerprint density at radius 2 is 2.05 bits per heavy atom. The van der Waals surface area contributed by atoms with Gasteiger partial charge in [-0.2, -0.15) is 5.12 Å².